The fourth-order valence-corrected chi connectivity index (χ4v) is 0.693. The van der Waals surface area contributed by atoms with E-state index in [1.807, 2.05) is 0 Å². The van der Waals surface area contributed by atoms with Crippen molar-refractivity contribution in [2.24, 2.45) is 0 Å². The summed E-state index contributed by atoms with van der Waals surface area (Å²) in [4.78, 5) is 0. The van der Waals surface area contributed by atoms with Gasteiger partial charge in [0, 0.05) is 0 Å². The third-order valence-corrected chi connectivity index (χ3v) is 1.78. The van der Waals surface area contributed by atoms with Gasteiger partial charge in [-0.3, -0.25) is 0 Å². The minimum atomic E-state index is -7.37. The summed E-state index contributed by atoms with van der Waals surface area (Å²) in [5.74, 6) is -28.5. The van der Waals surface area contributed by atoms with Crippen molar-refractivity contribution in [2.45, 2.75) is 36.5 Å². The van der Waals surface area contributed by atoms with Crippen LogP contribution in [0.4, 0.5) is 52.7 Å². The van der Waals surface area contributed by atoms with Crippen LogP contribution in [0.2, 0.25) is 0 Å². The number of hydrogen-bond acceptors (Lipinski definition) is 0. The Morgan fingerprint density at radius 2 is 0.611 bits per heavy atom. The maximum Gasteiger partial charge on any atom is 0.384 e. The second-order valence-corrected chi connectivity index (χ2v) is 3.00. The molecule has 0 aromatic heterocycles. The van der Waals surface area contributed by atoms with E-state index in [2.05, 4.69) is 0 Å². The smallest absolute Gasteiger partial charge is 0.203 e. The topological polar surface area (TPSA) is 0 Å². The summed E-state index contributed by atoms with van der Waals surface area (Å²) < 4.78 is 143. The molecule has 0 amide bonds. The summed E-state index contributed by atoms with van der Waals surface area (Å²) in [5.41, 5.74) is 0. The molecule has 0 saturated carbocycles. The van der Waals surface area contributed by atoms with Crippen molar-refractivity contribution >= 4 is 0 Å². The molecule has 0 saturated heterocycles. The molecule has 0 nitrogen and oxygen atoms in total. The molecule has 0 spiro atoms. The zero-order valence-electron chi connectivity index (χ0n) is 7.69. The van der Waals surface area contributed by atoms with Crippen LogP contribution in [0.1, 0.15) is 0 Å². The Morgan fingerprint density at radius 1 is 0.444 bits per heavy atom. The van der Waals surface area contributed by atoms with E-state index in [1.165, 1.54) is 0 Å². The fraction of sp³-hybridized carbons (Fsp3) is 1.00. The first kappa shape index (κ1) is 17.2. The highest BCUT2D eigenvalue weighted by Gasteiger charge is 2.84. The fourth-order valence-electron chi connectivity index (χ4n) is 0.693. The van der Waals surface area contributed by atoms with Crippen LogP contribution in [0.5, 0.6) is 0 Å². The summed E-state index contributed by atoms with van der Waals surface area (Å²) >= 11 is 0. The van der Waals surface area contributed by atoms with E-state index < -0.39 is 36.5 Å². The second-order valence-electron chi connectivity index (χ2n) is 3.00. The van der Waals surface area contributed by atoms with Crippen LogP contribution in [-0.4, -0.2) is 36.5 Å². The van der Waals surface area contributed by atoms with E-state index >= 15 is 0 Å². The Bertz CT molecular complexity index is 261. The van der Waals surface area contributed by atoms with E-state index in [9.17, 15) is 52.7 Å². The first-order valence-electron chi connectivity index (χ1n) is 3.71. The van der Waals surface area contributed by atoms with Crippen molar-refractivity contribution < 1.29 is 52.7 Å². The molecule has 0 atom stereocenters. The summed E-state index contributed by atoms with van der Waals surface area (Å²) in [7, 11) is 0. The van der Waals surface area contributed by atoms with E-state index in [0.29, 0.717) is 0 Å². The number of halogens is 12. The zero-order valence-corrected chi connectivity index (χ0v) is 7.69. The van der Waals surface area contributed by atoms with Crippen LogP contribution in [0.15, 0.2) is 0 Å². The van der Waals surface area contributed by atoms with Gasteiger partial charge in [0.1, 0.15) is 0 Å². The van der Waals surface area contributed by atoms with Crippen molar-refractivity contribution in [3.8, 4) is 0 Å². The quantitative estimate of drug-likeness (QED) is 0.672. The van der Waals surface area contributed by atoms with Gasteiger partial charge in [0.25, 0.3) is 0 Å². The van der Waals surface area contributed by atoms with Crippen molar-refractivity contribution in [1.82, 2.24) is 0 Å². The Labute approximate surface area is 90.6 Å². The molecule has 18 heavy (non-hydrogen) atoms. The first-order valence-corrected chi connectivity index (χ1v) is 3.71. The van der Waals surface area contributed by atoms with Gasteiger partial charge in [-0.1, -0.05) is 0 Å². The van der Waals surface area contributed by atoms with Gasteiger partial charge in [0.15, 0.2) is 0 Å². The molecule has 0 heterocycles. The minimum Gasteiger partial charge on any atom is -0.203 e. The average Bonchev–Trinajstić information content (AvgIpc) is 2.15. The maximum atomic E-state index is 12.3. The first-order chi connectivity index (χ1) is 7.64. The summed E-state index contributed by atoms with van der Waals surface area (Å²) in [6.45, 7) is 0. The largest absolute Gasteiger partial charge is 0.384 e. The standard InChI is InChI=1S/C6H2F12/c7-1(8)3(11,12)5(15,16)6(17,18)4(13,14)2(9)10/h1-2H. The lowest BCUT2D eigenvalue weighted by atomic mass is 9.99. The Balaban J connectivity index is 5.74. The lowest BCUT2D eigenvalue weighted by molar-refractivity contribution is -0.397. The van der Waals surface area contributed by atoms with Gasteiger partial charge in [-0.25, -0.2) is 17.6 Å². The van der Waals surface area contributed by atoms with E-state index in [4.69, 9.17) is 0 Å². The highest BCUT2D eigenvalue weighted by molar-refractivity contribution is 5.05. The van der Waals surface area contributed by atoms with Crippen LogP contribution in [0.25, 0.3) is 0 Å². The highest BCUT2D eigenvalue weighted by atomic mass is 19.4. The molecule has 12 heteroatoms. The highest BCUT2D eigenvalue weighted by Crippen LogP contribution is 2.55. The minimum absolute atomic E-state index is 5.45. The normalized spacial score (nSPS) is 15.7. The third-order valence-electron chi connectivity index (χ3n) is 1.78. The Hall–Kier alpha value is -0.840. The SMILES string of the molecule is FC(F)C(F)(F)C(F)(F)C(F)(F)C(F)(F)C(F)F. The molecule has 0 unspecified atom stereocenters. The second kappa shape index (κ2) is 4.37. The van der Waals surface area contributed by atoms with Gasteiger partial charge in [0.2, 0.25) is 0 Å². The summed E-state index contributed by atoms with van der Waals surface area (Å²) in [6.07, 6.45) is -10.9. The van der Waals surface area contributed by atoms with Crippen LogP contribution in [0.3, 0.4) is 0 Å². The molecule has 0 fully saturated rings. The molecule has 0 bridgehead atoms. The predicted octanol–water partition coefficient (Wildman–Crippen LogP) is 4.06. The van der Waals surface area contributed by atoms with Crippen LogP contribution in [-0.2, 0) is 0 Å². The van der Waals surface area contributed by atoms with Crippen molar-refractivity contribution in [1.29, 1.82) is 0 Å². The predicted molar refractivity (Wildman–Crippen MR) is 31.8 cm³/mol. The van der Waals surface area contributed by atoms with Crippen LogP contribution >= 0.6 is 0 Å². The number of alkyl halides is 12. The summed E-state index contributed by atoms with van der Waals surface area (Å²) in [6, 6.07) is 0. The molecular formula is C6H2F12. The Morgan fingerprint density at radius 3 is 0.722 bits per heavy atom. The van der Waals surface area contributed by atoms with Gasteiger partial charge >= 0.3 is 36.5 Å². The van der Waals surface area contributed by atoms with E-state index in [0.717, 1.165) is 0 Å². The molecule has 0 radical (unpaired) electrons. The van der Waals surface area contributed by atoms with Crippen molar-refractivity contribution in [3.63, 3.8) is 0 Å². The molecule has 0 rings (SSSR count). The lowest BCUT2D eigenvalue weighted by Gasteiger charge is -2.35. The van der Waals surface area contributed by atoms with Gasteiger partial charge in [-0.05, 0) is 0 Å². The van der Waals surface area contributed by atoms with Gasteiger partial charge in [-0.15, -0.1) is 0 Å². The van der Waals surface area contributed by atoms with Crippen LogP contribution < -0.4 is 0 Å². The van der Waals surface area contributed by atoms with E-state index in [-0.39, 0.29) is 0 Å². The third kappa shape index (κ3) is 2.09. The molecule has 0 aliphatic rings. The van der Waals surface area contributed by atoms with E-state index in [1.54, 1.807) is 0 Å². The van der Waals surface area contributed by atoms with Crippen molar-refractivity contribution in [2.75, 3.05) is 0 Å². The number of rotatable bonds is 5. The maximum absolute atomic E-state index is 12.3. The lowest BCUT2D eigenvalue weighted by Crippen LogP contribution is -2.66. The molecule has 0 aliphatic heterocycles. The van der Waals surface area contributed by atoms with Gasteiger partial charge in [0.05, 0.1) is 0 Å². The molecule has 0 aliphatic carbocycles. The molecule has 0 aromatic rings. The van der Waals surface area contributed by atoms with Gasteiger partial charge < -0.3 is 0 Å². The van der Waals surface area contributed by atoms with Gasteiger partial charge in [-0.2, -0.15) is 35.1 Å². The van der Waals surface area contributed by atoms with Crippen molar-refractivity contribution in [3.05, 3.63) is 0 Å². The molecule has 0 aromatic carbocycles. The van der Waals surface area contributed by atoms with Crippen LogP contribution in [0, 0.1) is 0 Å². The molecular weight excluding hydrogens is 300 g/mol. The number of hydrogen-bond donors (Lipinski definition) is 0. The molecule has 0 N–H and O–H groups in total. The average molecular weight is 302 g/mol. The monoisotopic (exact) mass is 302 g/mol. The Kier molecular flexibility index (Phi) is 4.16. The summed E-state index contributed by atoms with van der Waals surface area (Å²) in [5, 5.41) is 0. The zero-order chi connectivity index (χ0) is 15.2. The molecule has 110 valence electrons.